The van der Waals surface area contributed by atoms with Crippen LogP contribution in [0.5, 0.6) is 0 Å². The van der Waals surface area contributed by atoms with E-state index in [1.165, 1.54) is 0 Å². The first kappa shape index (κ1) is 12.7. The summed E-state index contributed by atoms with van der Waals surface area (Å²) in [5.41, 5.74) is 0.960. The van der Waals surface area contributed by atoms with Crippen molar-refractivity contribution in [2.75, 3.05) is 0 Å². The lowest BCUT2D eigenvalue weighted by atomic mass is 9.87. The smallest absolute Gasteiger partial charge is 0.309 e. The zero-order chi connectivity index (χ0) is 12.1. The molecule has 0 aliphatic heterocycles. The Balaban J connectivity index is 2.70. The van der Waals surface area contributed by atoms with Gasteiger partial charge < -0.3 is 10.2 Å². The van der Waals surface area contributed by atoms with Gasteiger partial charge in [-0.15, -0.1) is 0 Å². The number of rotatable bonds is 5. The molecule has 0 saturated carbocycles. The molecule has 0 aliphatic carbocycles. The quantitative estimate of drug-likeness (QED) is 0.800. The first-order chi connectivity index (χ1) is 7.52. The Hall–Kier alpha value is -1.35. The Kier molecular flexibility index (Phi) is 4.50. The lowest BCUT2D eigenvalue weighted by Gasteiger charge is -2.22. The second-order valence-corrected chi connectivity index (χ2v) is 4.37. The minimum absolute atomic E-state index is 0.0730. The predicted octanol–water partition coefficient (Wildman–Crippen LogP) is 1.95. The fourth-order valence-electron chi connectivity index (χ4n) is 1.88. The Morgan fingerprint density at radius 2 is 1.81 bits per heavy atom. The number of benzene rings is 1. The zero-order valence-corrected chi connectivity index (χ0v) is 9.63. The van der Waals surface area contributed by atoms with Crippen molar-refractivity contribution in [1.29, 1.82) is 0 Å². The molecule has 1 aromatic carbocycles. The fraction of sp³-hybridized carbons (Fsp3) is 0.462. The third kappa shape index (κ3) is 3.35. The van der Waals surface area contributed by atoms with Gasteiger partial charge in [0.05, 0.1) is 12.0 Å². The van der Waals surface area contributed by atoms with Gasteiger partial charge in [-0.1, -0.05) is 44.2 Å². The molecule has 0 heterocycles. The maximum absolute atomic E-state index is 11.0. The number of carboxylic acid groups (broad SMARTS) is 1. The maximum Gasteiger partial charge on any atom is 0.309 e. The highest BCUT2D eigenvalue weighted by atomic mass is 16.4. The van der Waals surface area contributed by atoms with E-state index in [1.54, 1.807) is 0 Å². The van der Waals surface area contributed by atoms with Gasteiger partial charge in [0.1, 0.15) is 0 Å². The van der Waals surface area contributed by atoms with E-state index in [2.05, 4.69) is 0 Å². The molecule has 0 spiro atoms. The molecule has 0 bridgehead atoms. The summed E-state index contributed by atoms with van der Waals surface area (Å²) in [6.07, 6.45) is -0.449. The Labute approximate surface area is 95.7 Å². The van der Waals surface area contributed by atoms with E-state index >= 15 is 0 Å². The summed E-state index contributed by atoms with van der Waals surface area (Å²) >= 11 is 0. The van der Waals surface area contributed by atoms with Crippen LogP contribution < -0.4 is 0 Å². The Morgan fingerprint density at radius 1 is 1.25 bits per heavy atom. The first-order valence-corrected chi connectivity index (χ1v) is 5.47. The minimum Gasteiger partial charge on any atom is -0.481 e. The van der Waals surface area contributed by atoms with Crippen LogP contribution >= 0.6 is 0 Å². The van der Waals surface area contributed by atoms with Gasteiger partial charge in [0, 0.05) is 0 Å². The van der Waals surface area contributed by atoms with Crippen LogP contribution in [-0.4, -0.2) is 22.3 Å². The normalized spacial score (nSPS) is 14.8. The number of carboxylic acids is 1. The number of hydrogen-bond donors (Lipinski definition) is 2. The number of aliphatic carboxylic acids is 1. The van der Waals surface area contributed by atoms with Crippen molar-refractivity contribution >= 4 is 5.97 Å². The molecule has 16 heavy (non-hydrogen) atoms. The summed E-state index contributed by atoms with van der Waals surface area (Å²) in [6, 6.07) is 9.44. The van der Waals surface area contributed by atoms with Crippen LogP contribution in [0.4, 0.5) is 0 Å². The lowest BCUT2D eigenvalue weighted by Crippen LogP contribution is -2.33. The molecule has 1 rings (SSSR count). The molecule has 0 fully saturated rings. The topological polar surface area (TPSA) is 57.5 Å². The second-order valence-electron chi connectivity index (χ2n) is 4.37. The summed E-state index contributed by atoms with van der Waals surface area (Å²) in [4.78, 5) is 11.0. The van der Waals surface area contributed by atoms with Gasteiger partial charge in [0.2, 0.25) is 0 Å². The Bertz CT molecular complexity index is 332. The molecule has 0 saturated heterocycles. The van der Waals surface area contributed by atoms with Crippen LogP contribution in [0.15, 0.2) is 30.3 Å². The monoisotopic (exact) mass is 222 g/mol. The molecule has 3 heteroatoms. The Morgan fingerprint density at radius 3 is 2.25 bits per heavy atom. The zero-order valence-electron chi connectivity index (χ0n) is 9.63. The second kappa shape index (κ2) is 5.66. The minimum atomic E-state index is -0.932. The molecule has 2 N–H and O–H groups in total. The van der Waals surface area contributed by atoms with Crippen molar-refractivity contribution in [2.24, 2.45) is 11.8 Å². The summed E-state index contributed by atoms with van der Waals surface area (Å²) < 4.78 is 0. The molecule has 2 unspecified atom stereocenters. The largest absolute Gasteiger partial charge is 0.481 e. The highest BCUT2D eigenvalue weighted by Gasteiger charge is 2.29. The molecule has 0 aliphatic rings. The summed E-state index contributed by atoms with van der Waals surface area (Å²) in [5, 5.41) is 19.0. The number of carbonyl (C=O) groups is 1. The van der Waals surface area contributed by atoms with Crippen LogP contribution in [0.25, 0.3) is 0 Å². The van der Waals surface area contributed by atoms with Gasteiger partial charge in [-0.3, -0.25) is 4.79 Å². The van der Waals surface area contributed by atoms with E-state index in [-0.39, 0.29) is 5.92 Å². The van der Waals surface area contributed by atoms with E-state index in [9.17, 15) is 9.90 Å². The van der Waals surface area contributed by atoms with Gasteiger partial charge in [-0.2, -0.15) is 0 Å². The predicted molar refractivity (Wildman–Crippen MR) is 62.1 cm³/mol. The number of hydrogen-bond acceptors (Lipinski definition) is 2. The molecule has 88 valence electrons. The molecule has 2 atom stereocenters. The van der Waals surface area contributed by atoms with Crippen LogP contribution in [0.2, 0.25) is 0 Å². The van der Waals surface area contributed by atoms with E-state index in [0.717, 1.165) is 5.56 Å². The molecular weight excluding hydrogens is 204 g/mol. The standard InChI is InChI=1S/C13H18O3/c1-9(2)12(13(15)16)11(14)8-10-6-4-3-5-7-10/h3-7,9,11-12,14H,8H2,1-2H3,(H,15,16). The van der Waals surface area contributed by atoms with E-state index in [1.807, 2.05) is 44.2 Å². The number of aliphatic hydroxyl groups excluding tert-OH is 1. The number of aliphatic hydroxyl groups is 1. The molecule has 0 aromatic heterocycles. The van der Waals surface area contributed by atoms with Gasteiger partial charge in [0.15, 0.2) is 0 Å². The van der Waals surface area contributed by atoms with Crippen molar-refractivity contribution in [3.8, 4) is 0 Å². The van der Waals surface area contributed by atoms with Crippen molar-refractivity contribution in [1.82, 2.24) is 0 Å². The van der Waals surface area contributed by atoms with Gasteiger partial charge in [-0.25, -0.2) is 0 Å². The maximum atomic E-state index is 11.0. The van der Waals surface area contributed by atoms with Gasteiger partial charge in [-0.05, 0) is 17.9 Å². The van der Waals surface area contributed by atoms with Crippen molar-refractivity contribution in [2.45, 2.75) is 26.4 Å². The third-order valence-electron chi connectivity index (χ3n) is 2.71. The summed E-state index contributed by atoms with van der Waals surface area (Å²) in [7, 11) is 0. The van der Waals surface area contributed by atoms with Crippen LogP contribution in [0, 0.1) is 11.8 Å². The van der Waals surface area contributed by atoms with Crippen molar-refractivity contribution in [3.05, 3.63) is 35.9 Å². The average Bonchev–Trinajstić information content (AvgIpc) is 2.17. The average molecular weight is 222 g/mol. The third-order valence-corrected chi connectivity index (χ3v) is 2.71. The highest BCUT2D eigenvalue weighted by molar-refractivity contribution is 5.71. The van der Waals surface area contributed by atoms with Gasteiger partial charge in [0.25, 0.3) is 0 Å². The van der Waals surface area contributed by atoms with Crippen molar-refractivity contribution < 1.29 is 15.0 Å². The van der Waals surface area contributed by atoms with Gasteiger partial charge >= 0.3 is 5.97 Å². The lowest BCUT2D eigenvalue weighted by molar-refractivity contribution is -0.147. The first-order valence-electron chi connectivity index (χ1n) is 5.47. The van der Waals surface area contributed by atoms with E-state index < -0.39 is 18.0 Å². The van der Waals surface area contributed by atoms with Crippen LogP contribution in [0.3, 0.4) is 0 Å². The van der Waals surface area contributed by atoms with Crippen molar-refractivity contribution in [3.63, 3.8) is 0 Å². The van der Waals surface area contributed by atoms with Crippen LogP contribution in [0.1, 0.15) is 19.4 Å². The SMILES string of the molecule is CC(C)C(C(=O)O)C(O)Cc1ccccc1. The van der Waals surface area contributed by atoms with E-state index in [0.29, 0.717) is 6.42 Å². The summed E-state index contributed by atoms with van der Waals surface area (Å²) in [6.45, 7) is 3.62. The molecular formula is C13H18O3. The molecule has 1 aromatic rings. The molecule has 0 amide bonds. The highest BCUT2D eigenvalue weighted by Crippen LogP contribution is 2.19. The van der Waals surface area contributed by atoms with Crippen LogP contribution in [-0.2, 0) is 11.2 Å². The molecule has 0 radical (unpaired) electrons. The fourth-order valence-corrected chi connectivity index (χ4v) is 1.88. The van der Waals surface area contributed by atoms with E-state index in [4.69, 9.17) is 5.11 Å². The molecule has 3 nitrogen and oxygen atoms in total. The summed E-state index contributed by atoms with van der Waals surface area (Å²) in [5.74, 6) is -1.71.